The van der Waals surface area contributed by atoms with Gasteiger partial charge in [-0.1, -0.05) is 32.9 Å². The number of methoxy groups -OCH3 is 1. The van der Waals surface area contributed by atoms with Gasteiger partial charge in [-0.25, -0.2) is 0 Å². The molecular formula is C17H19NO6S. The highest BCUT2D eigenvalue weighted by atomic mass is 32.2. The van der Waals surface area contributed by atoms with E-state index < -0.39 is 20.7 Å². The average molecular weight is 365 g/mol. The van der Waals surface area contributed by atoms with Crippen LogP contribution in [0.4, 0.5) is 5.69 Å². The normalized spacial score (nSPS) is 11.8. The molecule has 8 heteroatoms. The molecule has 0 unspecified atom stereocenters. The van der Waals surface area contributed by atoms with Crippen molar-refractivity contribution in [2.24, 2.45) is 0 Å². The standard InChI is InChI=1S/C17H19NO6S/c1-17(2,3)12-5-7-13(8-6-12)24-25(21,22)14-9-10-16(23-4)15(11-14)18(19)20/h5-11H,1-4H3. The van der Waals surface area contributed by atoms with Crippen LogP contribution in [0.15, 0.2) is 47.4 Å². The van der Waals surface area contributed by atoms with Gasteiger partial charge in [0.05, 0.1) is 12.0 Å². The first-order chi connectivity index (χ1) is 11.5. The Labute approximate surface area is 146 Å². The van der Waals surface area contributed by atoms with Crippen molar-refractivity contribution in [3.8, 4) is 11.5 Å². The summed E-state index contributed by atoms with van der Waals surface area (Å²) in [6.07, 6.45) is 0. The molecule has 0 heterocycles. The molecule has 0 aliphatic rings. The number of nitrogens with zero attached hydrogens (tertiary/aromatic N) is 1. The van der Waals surface area contributed by atoms with Crippen molar-refractivity contribution in [3.63, 3.8) is 0 Å². The van der Waals surface area contributed by atoms with Gasteiger partial charge in [-0.3, -0.25) is 10.1 Å². The van der Waals surface area contributed by atoms with Crippen LogP contribution in [0.3, 0.4) is 0 Å². The molecule has 0 N–H and O–H groups in total. The fourth-order valence-corrected chi connectivity index (χ4v) is 3.10. The number of nitro groups is 1. The highest BCUT2D eigenvalue weighted by Gasteiger charge is 2.24. The van der Waals surface area contributed by atoms with E-state index in [-0.39, 0.29) is 21.8 Å². The lowest BCUT2D eigenvalue weighted by Gasteiger charge is -2.19. The quantitative estimate of drug-likeness (QED) is 0.456. The van der Waals surface area contributed by atoms with Crippen LogP contribution in [0.1, 0.15) is 26.3 Å². The lowest BCUT2D eigenvalue weighted by Crippen LogP contribution is -2.12. The molecule has 0 saturated carbocycles. The Kier molecular flexibility index (Phi) is 5.03. The summed E-state index contributed by atoms with van der Waals surface area (Å²) < 4.78 is 34.7. The van der Waals surface area contributed by atoms with E-state index in [0.29, 0.717) is 0 Å². The summed E-state index contributed by atoms with van der Waals surface area (Å²) in [7, 11) is -2.94. The molecule has 0 fully saturated rings. The predicted octanol–water partition coefficient (Wildman–Crippen LogP) is 3.67. The zero-order valence-electron chi connectivity index (χ0n) is 14.3. The third-order valence-electron chi connectivity index (χ3n) is 3.56. The van der Waals surface area contributed by atoms with Crippen LogP contribution < -0.4 is 8.92 Å². The maximum atomic E-state index is 12.4. The molecular weight excluding hydrogens is 346 g/mol. The largest absolute Gasteiger partial charge is 0.490 e. The topological polar surface area (TPSA) is 95.7 Å². The number of rotatable bonds is 5. The van der Waals surface area contributed by atoms with Crippen LogP contribution in [0, 0.1) is 10.1 Å². The molecule has 0 radical (unpaired) electrons. The van der Waals surface area contributed by atoms with Crippen LogP contribution in [0.5, 0.6) is 11.5 Å². The Morgan fingerprint density at radius 1 is 1.04 bits per heavy atom. The third-order valence-corrected chi connectivity index (χ3v) is 4.81. The molecule has 0 saturated heterocycles. The molecule has 2 rings (SSSR count). The molecule has 0 spiro atoms. The Morgan fingerprint density at radius 2 is 1.64 bits per heavy atom. The van der Waals surface area contributed by atoms with Crippen molar-refractivity contribution in [1.82, 2.24) is 0 Å². The second-order valence-corrected chi connectivity index (χ2v) is 7.95. The molecule has 0 atom stereocenters. The monoisotopic (exact) mass is 365 g/mol. The average Bonchev–Trinajstić information content (AvgIpc) is 2.53. The number of nitro benzene ring substituents is 1. The van der Waals surface area contributed by atoms with Gasteiger partial charge in [0.1, 0.15) is 10.6 Å². The maximum absolute atomic E-state index is 12.4. The van der Waals surface area contributed by atoms with Crippen LogP contribution in [-0.4, -0.2) is 20.5 Å². The smallest absolute Gasteiger partial charge is 0.339 e. The van der Waals surface area contributed by atoms with E-state index in [0.717, 1.165) is 11.6 Å². The van der Waals surface area contributed by atoms with E-state index in [4.69, 9.17) is 8.92 Å². The minimum atomic E-state index is -4.20. The highest BCUT2D eigenvalue weighted by Crippen LogP contribution is 2.31. The Morgan fingerprint density at radius 3 is 2.12 bits per heavy atom. The zero-order valence-corrected chi connectivity index (χ0v) is 15.2. The fourth-order valence-electron chi connectivity index (χ4n) is 2.15. The molecule has 0 aliphatic heterocycles. The Hall–Kier alpha value is -2.61. The van der Waals surface area contributed by atoms with Crippen molar-refractivity contribution in [3.05, 3.63) is 58.1 Å². The van der Waals surface area contributed by atoms with Crippen LogP contribution in [0.25, 0.3) is 0 Å². The van der Waals surface area contributed by atoms with Gasteiger partial charge < -0.3 is 8.92 Å². The Bertz CT molecular complexity index is 882. The second-order valence-electron chi connectivity index (χ2n) is 6.40. The van der Waals surface area contributed by atoms with Crippen molar-refractivity contribution >= 4 is 15.8 Å². The van der Waals surface area contributed by atoms with Gasteiger partial charge in [0, 0.05) is 6.07 Å². The van der Waals surface area contributed by atoms with Gasteiger partial charge in [-0.15, -0.1) is 0 Å². The third kappa shape index (κ3) is 4.27. The SMILES string of the molecule is COc1ccc(S(=O)(=O)Oc2ccc(C(C)(C)C)cc2)cc1[N+](=O)[O-]. The van der Waals surface area contributed by atoms with Gasteiger partial charge in [0.25, 0.3) is 0 Å². The van der Waals surface area contributed by atoms with E-state index in [1.165, 1.54) is 19.2 Å². The maximum Gasteiger partial charge on any atom is 0.339 e. The van der Waals surface area contributed by atoms with E-state index in [2.05, 4.69) is 0 Å². The predicted molar refractivity (Wildman–Crippen MR) is 92.6 cm³/mol. The van der Waals surface area contributed by atoms with Crippen LogP contribution in [0.2, 0.25) is 0 Å². The lowest BCUT2D eigenvalue weighted by molar-refractivity contribution is -0.386. The first kappa shape index (κ1) is 18.7. The summed E-state index contributed by atoms with van der Waals surface area (Å²) in [6.45, 7) is 6.11. The van der Waals surface area contributed by atoms with E-state index in [1.807, 2.05) is 20.8 Å². The first-order valence-corrected chi connectivity index (χ1v) is 8.83. The molecule has 2 aromatic carbocycles. The second kappa shape index (κ2) is 6.72. The number of benzene rings is 2. The molecule has 0 aliphatic carbocycles. The van der Waals surface area contributed by atoms with E-state index in [1.54, 1.807) is 24.3 Å². The molecule has 0 amide bonds. The molecule has 25 heavy (non-hydrogen) atoms. The van der Waals surface area contributed by atoms with Gasteiger partial charge >= 0.3 is 15.8 Å². The lowest BCUT2D eigenvalue weighted by atomic mass is 9.87. The van der Waals surface area contributed by atoms with Gasteiger partial charge in [-0.05, 0) is 35.2 Å². The van der Waals surface area contributed by atoms with Crippen molar-refractivity contribution in [1.29, 1.82) is 0 Å². The number of ether oxygens (including phenoxy) is 1. The molecule has 134 valence electrons. The van der Waals surface area contributed by atoms with Gasteiger partial charge in [0.2, 0.25) is 0 Å². The Balaban J connectivity index is 2.33. The van der Waals surface area contributed by atoms with Crippen molar-refractivity contribution in [2.45, 2.75) is 31.1 Å². The van der Waals surface area contributed by atoms with Crippen LogP contribution in [-0.2, 0) is 15.5 Å². The number of hydrogen-bond donors (Lipinski definition) is 0. The van der Waals surface area contributed by atoms with Crippen LogP contribution >= 0.6 is 0 Å². The van der Waals surface area contributed by atoms with Gasteiger partial charge in [0.15, 0.2) is 5.75 Å². The highest BCUT2D eigenvalue weighted by molar-refractivity contribution is 7.87. The fraction of sp³-hybridized carbons (Fsp3) is 0.294. The van der Waals surface area contributed by atoms with Crippen molar-refractivity contribution in [2.75, 3.05) is 7.11 Å². The summed E-state index contributed by atoms with van der Waals surface area (Å²) in [5.74, 6) is 0.102. The summed E-state index contributed by atoms with van der Waals surface area (Å²) >= 11 is 0. The molecule has 0 bridgehead atoms. The minimum absolute atomic E-state index is 0.0292. The minimum Gasteiger partial charge on any atom is -0.490 e. The van der Waals surface area contributed by atoms with Gasteiger partial charge in [-0.2, -0.15) is 8.42 Å². The van der Waals surface area contributed by atoms with Crippen molar-refractivity contribution < 1.29 is 22.3 Å². The summed E-state index contributed by atoms with van der Waals surface area (Å²) in [5, 5.41) is 11.0. The summed E-state index contributed by atoms with van der Waals surface area (Å²) in [5.41, 5.74) is 0.501. The first-order valence-electron chi connectivity index (χ1n) is 7.42. The summed E-state index contributed by atoms with van der Waals surface area (Å²) in [4.78, 5) is 10.0. The molecule has 2 aromatic rings. The van der Waals surface area contributed by atoms with E-state index in [9.17, 15) is 18.5 Å². The molecule has 0 aromatic heterocycles. The van der Waals surface area contributed by atoms with E-state index >= 15 is 0 Å². The number of hydrogen-bond acceptors (Lipinski definition) is 6. The zero-order chi connectivity index (χ0) is 18.8. The summed E-state index contributed by atoms with van der Waals surface area (Å²) in [6, 6.07) is 9.99. The molecule has 7 nitrogen and oxygen atoms in total.